The SMILES string of the molecule is CC(CC1C(=O)OC(=O)C1C1C(C)C2CC(C(=O)OC(C)(C)C)C1C2)C(=O)OC1(C)CC2CC1C1CCCC21. The van der Waals surface area contributed by atoms with E-state index in [9.17, 15) is 19.2 Å². The van der Waals surface area contributed by atoms with Gasteiger partial charge < -0.3 is 14.2 Å². The minimum atomic E-state index is -0.682. The molecular formula is C32H46O7. The molecule has 7 heteroatoms. The number of hydrogen-bond donors (Lipinski definition) is 0. The van der Waals surface area contributed by atoms with Gasteiger partial charge in [0.25, 0.3) is 0 Å². The fourth-order valence-corrected chi connectivity index (χ4v) is 10.4. The first kappa shape index (κ1) is 27.3. The van der Waals surface area contributed by atoms with Crippen LogP contribution in [0, 0.1) is 71.0 Å². The van der Waals surface area contributed by atoms with E-state index < -0.39 is 40.9 Å². The lowest BCUT2D eigenvalue weighted by molar-refractivity contribution is -0.172. The van der Waals surface area contributed by atoms with Crippen LogP contribution in [0.1, 0.15) is 92.9 Å². The van der Waals surface area contributed by atoms with Gasteiger partial charge in [0.2, 0.25) is 0 Å². The van der Waals surface area contributed by atoms with E-state index in [4.69, 9.17) is 14.2 Å². The van der Waals surface area contributed by atoms with E-state index in [-0.39, 0.29) is 42.0 Å². The van der Waals surface area contributed by atoms with Crippen molar-refractivity contribution >= 4 is 23.9 Å². The lowest BCUT2D eigenvalue weighted by atomic mass is 9.65. The summed E-state index contributed by atoms with van der Waals surface area (Å²) in [7, 11) is 0. The molecule has 5 saturated carbocycles. The summed E-state index contributed by atoms with van der Waals surface area (Å²) in [6.45, 7) is 11.7. The van der Waals surface area contributed by atoms with Crippen LogP contribution < -0.4 is 0 Å². The molecular weight excluding hydrogens is 496 g/mol. The van der Waals surface area contributed by atoms with Crippen molar-refractivity contribution in [2.75, 3.05) is 0 Å². The van der Waals surface area contributed by atoms with Gasteiger partial charge in [-0.05, 0) is 114 Å². The lowest BCUT2D eigenvalue weighted by Crippen LogP contribution is -2.44. The van der Waals surface area contributed by atoms with Crippen molar-refractivity contribution in [1.29, 1.82) is 0 Å². The Morgan fingerprint density at radius 3 is 2.44 bits per heavy atom. The quantitative estimate of drug-likeness (QED) is 0.254. The molecule has 1 saturated heterocycles. The monoisotopic (exact) mass is 542 g/mol. The summed E-state index contributed by atoms with van der Waals surface area (Å²) in [6, 6.07) is 0. The first-order valence-electron chi connectivity index (χ1n) is 15.5. The van der Waals surface area contributed by atoms with Gasteiger partial charge >= 0.3 is 23.9 Å². The van der Waals surface area contributed by atoms with Crippen LogP contribution in [0.4, 0.5) is 0 Å². The average molecular weight is 543 g/mol. The van der Waals surface area contributed by atoms with Gasteiger partial charge in [-0.3, -0.25) is 19.2 Å². The highest BCUT2D eigenvalue weighted by molar-refractivity contribution is 5.97. The fourth-order valence-electron chi connectivity index (χ4n) is 10.4. The second kappa shape index (κ2) is 9.30. The van der Waals surface area contributed by atoms with Gasteiger partial charge in [-0.1, -0.05) is 20.3 Å². The van der Waals surface area contributed by atoms with Gasteiger partial charge in [0.1, 0.15) is 11.2 Å². The number of carbonyl (C=O) groups is 4. The minimum Gasteiger partial charge on any atom is -0.460 e. The molecule has 5 aliphatic carbocycles. The zero-order valence-corrected chi connectivity index (χ0v) is 24.4. The van der Waals surface area contributed by atoms with Gasteiger partial charge in [0.15, 0.2) is 0 Å². The summed E-state index contributed by atoms with van der Waals surface area (Å²) < 4.78 is 17.2. The maximum atomic E-state index is 13.4. The summed E-state index contributed by atoms with van der Waals surface area (Å²) in [5.74, 6) is -0.603. The molecule has 0 aromatic heterocycles. The van der Waals surface area contributed by atoms with E-state index in [1.165, 1.54) is 25.7 Å². The Bertz CT molecular complexity index is 1060. The molecule has 13 atom stereocenters. The highest BCUT2D eigenvalue weighted by Gasteiger charge is 2.63. The van der Waals surface area contributed by atoms with E-state index in [2.05, 4.69) is 13.8 Å². The first-order valence-corrected chi connectivity index (χ1v) is 15.5. The van der Waals surface area contributed by atoms with Crippen LogP contribution in [-0.2, 0) is 33.4 Å². The standard InChI is InChI=1S/C32H46O7/c1-15(27(33)39-32(6)14-18-13-24(32)20-9-7-8-19(18)20)10-23-26(30(36)37-28(23)34)25-16(2)17-11-21(25)22(12-17)29(35)38-31(3,4)5/h15-26H,7-14H2,1-6H3. The Hall–Kier alpha value is -1.92. The third-order valence-corrected chi connectivity index (χ3v) is 11.9. The van der Waals surface area contributed by atoms with Crippen molar-refractivity contribution in [3.63, 3.8) is 0 Å². The predicted molar refractivity (Wildman–Crippen MR) is 142 cm³/mol. The summed E-state index contributed by atoms with van der Waals surface area (Å²) in [5.41, 5.74) is -0.999. The summed E-state index contributed by atoms with van der Waals surface area (Å²) >= 11 is 0. The van der Waals surface area contributed by atoms with E-state index >= 15 is 0 Å². The van der Waals surface area contributed by atoms with Crippen molar-refractivity contribution < 1.29 is 33.4 Å². The van der Waals surface area contributed by atoms with Crippen LogP contribution in [0.2, 0.25) is 0 Å². The third kappa shape index (κ3) is 4.45. The largest absolute Gasteiger partial charge is 0.460 e. The summed E-state index contributed by atoms with van der Waals surface area (Å²) in [4.78, 5) is 52.6. The Kier molecular flexibility index (Phi) is 6.50. The van der Waals surface area contributed by atoms with Crippen LogP contribution >= 0.6 is 0 Å². The summed E-state index contributed by atoms with van der Waals surface area (Å²) in [5, 5.41) is 0. The Morgan fingerprint density at radius 2 is 1.74 bits per heavy atom. The second-order valence-corrected chi connectivity index (χ2v) is 15.3. The van der Waals surface area contributed by atoms with Gasteiger partial charge in [-0.15, -0.1) is 0 Å². The Morgan fingerprint density at radius 1 is 1.03 bits per heavy atom. The molecule has 7 nitrogen and oxygen atoms in total. The van der Waals surface area contributed by atoms with E-state index in [1.807, 2.05) is 27.7 Å². The number of esters is 4. The van der Waals surface area contributed by atoms with Crippen LogP contribution in [0.25, 0.3) is 0 Å². The van der Waals surface area contributed by atoms with Crippen molar-refractivity contribution in [2.45, 2.75) is 104 Å². The molecule has 0 radical (unpaired) electrons. The smallest absolute Gasteiger partial charge is 0.317 e. The van der Waals surface area contributed by atoms with Crippen molar-refractivity contribution in [2.24, 2.45) is 71.0 Å². The molecule has 0 N–H and O–H groups in total. The molecule has 0 amide bonds. The van der Waals surface area contributed by atoms with Crippen LogP contribution in [0.5, 0.6) is 0 Å². The average Bonchev–Trinajstić information content (AvgIpc) is 3.64. The van der Waals surface area contributed by atoms with Crippen molar-refractivity contribution in [1.82, 2.24) is 0 Å². The molecule has 6 rings (SSSR count). The van der Waals surface area contributed by atoms with Crippen molar-refractivity contribution in [3.05, 3.63) is 0 Å². The molecule has 39 heavy (non-hydrogen) atoms. The number of hydrogen-bond acceptors (Lipinski definition) is 7. The van der Waals surface area contributed by atoms with Crippen LogP contribution in [0.3, 0.4) is 0 Å². The van der Waals surface area contributed by atoms with Gasteiger partial charge in [0.05, 0.1) is 23.7 Å². The molecule has 6 aliphatic rings. The maximum Gasteiger partial charge on any atom is 0.317 e. The van der Waals surface area contributed by atoms with E-state index in [0.717, 1.165) is 25.2 Å². The van der Waals surface area contributed by atoms with Crippen LogP contribution in [-0.4, -0.2) is 35.1 Å². The van der Waals surface area contributed by atoms with E-state index in [0.29, 0.717) is 23.7 Å². The van der Waals surface area contributed by atoms with E-state index in [1.54, 1.807) is 0 Å². The molecule has 0 aromatic rings. The second-order valence-electron chi connectivity index (χ2n) is 15.3. The molecule has 1 aliphatic heterocycles. The number of rotatable bonds is 6. The minimum absolute atomic E-state index is 0.0136. The fraction of sp³-hybridized carbons (Fsp3) is 0.875. The first-order chi connectivity index (χ1) is 18.3. The molecule has 0 spiro atoms. The Labute approximate surface area is 232 Å². The number of cyclic esters (lactones) is 2. The van der Waals surface area contributed by atoms with Crippen LogP contribution in [0.15, 0.2) is 0 Å². The molecule has 13 unspecified atom stereocenters. The molecule has 0 aromatic carbocycles. The predicted octanol–water partition coefficient (Wildman–Crippen LogP) is 5.34. The molecule has 1 heterocycles. The molecule has 6 fully saturated rings. The lowest BCUT2D eigenvalue weighted by Gasteiger charge is -2.40. The highest BCUT2D eigenvalue weighted by atomic mass is 16.6. The van der Waals surface area contributed by atoms with Gasteiger partial charge in [0, 0.05) is 5.92 Å². The zero-order chi connectivity index (χ0) is 28.0. The number of ether oxygens (including phenoxy) is 3. The highest BCUT2D eigenvalue weighted by Crippen LogP contribution is 2.64. The van der Waals surface area contributed by atoms with Gasteiger partial charge in [-0.2, -0.15) is 0 Å². The zero-order valence-electron chi connectivity index (χ0n) is 24.4. The maximum absolute atomic E-state index is 13.4. The number of carbonyl (C=O) groups excluding carboxylic acids is 4. The topological polar surface area (TPSA) is 96.0 Å². The van der Waals surface area contributed by atoms with Gasteiger partial charge in [-0.25, -0.2) is 0 Å². The van der Waals surface area contributed by atoms with Crippen molar-refractivity contribution in [3.8, 4) is 0 Å². The molecule has 216 valence electrons. The normalized spacial score (nSPS) is 46.9. The third-order valence-electron chi connectivity index (χ3n) is 11.9. The summed E-state index contributed by atoms with van der Waals surface area (Å²) in [6.07, 6.45) is 7.84. The number of fused-ring (bicyclic) bond motifs is 7. The molecule has 4 bridgehead atoms. The Balaban J connectivity index is 1.15.